The van der Waals surface area contributed by atoms with Crippen LogP contribution in [0, 0.1) is 12.7 Å². The number of hydrogen-bond acceptors (Lipinski definition) is 4. The van der Waals surface area contributed by atoms with E-state index < -0.39 is 11.7 Å². The van der Waals surface area contributed by atoms with Gasteiger partial charge in [0.2, 0.25) is 5.91 Å². The molecule has 4 rings (SSSR count). The number of halogens is 1. The molecule has 4 aromatic rings. The molecule has 0 bridgehead atoms. The third-order valence-electron chi connectivity index (χ3n) is 5.05. The number of fused-ring (bicyclic) bond motifs is 1. The summed E-state index contributed by atoms with van der Waals surface area (Å²) in [5, 5.41) is 2.57. The van der Waals surface area contributed by atoms with E-state index in [1.165, 1.54) is 30.1 Å². The first-order chi connectivity index (χ1) is 15.9. The predicted octanol–water partition coefficient (Wildman–Crippen LogP) is 4.07. The van der Waals surface area contributed by atoms with Crippen LogP contribution in [0.3, 0.4) is 0 Å². The summed E-state index contributed by atoms with van der Waals surface area (Å²) in [6.07, 6.45) is 3.86. The molecule has 33 heavy (non-hydrogen) atoms. The second-order valence-corrected chi connectivity index (χ2v) is 7.69. The second kappa shape index (κ2) is 9.52. The molecule has 0 saturated carbocycles. The topological polar surface area (TPSA) is 75.9 Å². The molecule has 0 spiro atoms. The Morgan fingerprint density at radius 2 is 1.91 bits per heavy atom. The predicted molar refractivity (Wildman–Crippen MR) is 123 cm³/mol. The van der Waals surface area contributed by atoms with Gasteiger partial charge >= 0.3 is 0 Å². The van der Waals surface area contributed by atoms with Gasteiger partial charge in [-0.1, -0.05) is 12.1 Å². The van der Waals surface area contributed by atoms with E-state index in [0.29, 0.717) is 23.6 Å². The van der Waals surface area contributed by atoms with Gasteiger partial charge in [-0.2, -0.15) is 0 Å². The number of hydrogen-bond donors (Lipinski definition) is 1. The van der Waals surface area contributed by atoms with Crippen molar-refractivity contribution in [3.63, 3.8) is 0 Å². The molecule has 0 saturated heterocycles. The van der Waals surface area contributed by atoms with Crippen LogP contribution in [0.15, 0.2) is 73.1 Å². The highest BCUT2D eigenvalue weighted by Gasteiger charge is 2.15. The largest absolute Gasteiger partial charge is 0.487 e. The van der Waals surface area contributed by atoms with Crippen molar-refractivity contribution in [3.05, 3.63) is 95.7 Å². The number of imidazole rings is 1. The lowest BCUT2D eigenvalue weighted by Gasteiger charge is -2.17. The van der Waals surface area contributed by atoms with Crippen molar-refractivity contribution in [2.75, 3.05) is 18.9 Å². The van der Waals surface area contributed by atoms with Crippen LogP contribution < -0.4 is 10.1 Å². The molecule has 2 heterocycles. The molecule has 0 aliphatic rings. The first-order valence-electron chi connectivity index (χ1n) is 10.4. The molecule has 7 nitrogen and oxygen atoms in total. The molecule has 0 aliphatic carbocycles. The van der Waals surface area contributed by atoms with Crippen LogP contribution in [-0.2, 0) is 11.4 Å². The van der Waals surface area contributed by atoms with E-state index in [1.54, 1.807) is 30.3 Å². The molecule has 1 N–H and O–H groups in total. The van der Waals surface area contributed by atoms with E-state index in [-0.39, 0.29) is 12.5 Å². The normalized spacial score (nSPS) is 10.8. The van der Waals surface area contributed by atoms with E-state index in [4.69, 9.17) is 4.74 Å². The Morgan fingerprint density at radius 1 is 1.12 bits per heavy atom. The van der Waals surface area contributed by atoms with E-state index in [9.17, 15) is 14.0 Å². The molecule has 0 radical (unpaired) electrons. The molecule has 0 aliphatic heterocycles. The van der Waals surface area contributed by atoms with Crippen molar-refractivity contribution in [2.24, 2.45) is 0 Å². The minimum Gasteiger partial charge on any atom is -0.487 e. The number of rotatable bonds is 7. The summed E-state index contributed by atoms with van der Waals surface area (Å²) in [5.41, 5.74) is 3.53. The van der Waals surface area contributed by atoms with Crippen LogP contribution in [0.4, 0.5) is 10.1 Å². The Morgan fingerprint density at radius 3 is 2.64 bits per heavy atom. The smallest absolute Gasteiger partial charge is 0.254 e. The van der Waals surface area contributed by atoms with Crippen LogP contribution in [-0.4, -0.2) is 39.7 Å². The van der Waals surface area contributed by atoms with Crippen LogP contribution in [0.1, 0.15) is 21.6 Å². The number of ether oxygens (including phenoxy) is 1. The van der Waals surface area contributed by atoms with Gasteiger partial charge < -0.3 is 19.4 Å². The summed E-state index contributed by atoms with van der Waals surface area (Å²) in [4.78, 5) is 30.7. The third-order valence-corrected chi connectivity index (χ3v) is 5.05. The zero-order chi connectivity index (χ0) is 23.4. The Bertz CT molecular complexity index is 1300. The van der Waals surface area contributed by atoms with Crippen molar-refractivity contribution >= 4 is 23.1 Å². The van der Waals surface area contributed by atoms with Crippen molar-refractivity contribution in [3.8, 4) is 5.75 Å². The number of benzene rings is 2. The Hall–Kier alpha value is -4.20. The zero-order valence-electron chi connectivity index (χ0n) is 18.3. The molecule has 0 atom stereocenters. The molecular formula is C25H23FN4O3. The lowest BCUT2D eigenvalue weighted by molar-refractivity contribution is -0.116. The van der Waals surface area contributed by atoms with Crippen molar-refractivity contribution in [2.45, 2.75) is 13.5 Å². The van der Waals surface area contributed by atoms with E-state index >= 15 is 0 Å². The van der Waals surface area contributed by atoms with Crippen LogP contribution in [0.5, 0.6) is 5.75 Å². The number of aryl methyl sites for hydroxylation is 1. The quantitative estimate of drug-likeness (QED) is 0.464. The fourth-order valence-electron chi connectivity index (χ4n) is 3.40. The number of carbonyl (C=O) groups excluding carboxylic acids is 2. The fourth-order valence-corrected chi connectivity index (χ4v) is 3.40. The Labute approximate surface area is 190 Å². The van der Waals surface area contributed by atoms with Gasteiger partial charge in [-0.25, -0.2) is 9.37 Å². The second-order valence-electron chi connectivity index (χ2n) is 7.69. The summed E-state index contributed by atoms with van der Waals surface area (Å²) in [7, 11) is 1.53. The Kier molecular flexibility index (Phi) is 6.35. The summed E-state index contributed by atoms with van der Waals surface area (Å²) < 4.78 is 21.0. The molecule has 2 aromatic carbocycles. The van der Waals surface area contributed by atoms with Gasteiger partial charge in [0.15, 0.2) is 0 Å². The van der Waals surface area contributed by atoms with Gasteiger partial charge in [0, 0.05) is 30.7 Å². The fraction of sp³-hybridized carbons (Fsp3) is 0.160. The first kappa shape index (κ1) is 22.0. The standard InChI is InChI=1S/C25H23FN4O3/c1-17-5-4-12-30-14-21(28-24(17)30)16-33-22-10-8-18(9-11-22)25(32)29(2)15-23(31)27-20-7-3-6-19(26)13-20/h3-14H,15-16H2,1-2H3,(H,27,31). The number of aromatic nitrogens is 2. The first-order valence-corrected chi connectivity index (χ1v) is 10.4. The number of nitrogens with one attached hydrogen (secondary N) is 1. The van der Waals surface area contributed by atoms with E-state index in [2.05, 4.69) is 10.3 Å². The van der Waals surface area contributed by atoms with Crippen molar-refractivity contribution < 1.29 is 18.7 Å². The lowest BCUT2D eigenvalue weighted by Crippen LogP contribution is -2.34. The number of anilines is 1. The van der Waals surface area contributed by atoms with Gasteiger partial charge in [-0.05, 0) is 61.0 Å². The molecule has 8 heteroatoms. The monoisotopic (exact) mass is 446 g/mol. The number of nitrogens with zero attached hydrogens (tertiary/aromatic N) is 3. The van der Waals surface area contributed by atoms with Crippen molar-refractivity contribution in [1.82, 2.24) is 14.3 Å². The molecule has 168 valence electrons. The van der Waals surface area contributed by atoms with Gasteiger partial charge in [-0.15, -0.1) is 0 Å². The summed E-state index contributed by atoms with van der Waals surface area (Å²) >= 11 is 0. The summed E-state index contributed by atoms with van der Waals surface area (Å²) in [6.45, 7) is 2.14. The highest BCUT2D eigenvalue weighted by Crippen LogP contribution is 2.17. The van der Waals surface area contributed by atoms with Gasteiger partial charge in [0.05, 0.1) is 12.2 Å². The number of carbonyl (C=O) groups is 2. The SMILES string of the molecule is Cc1cccn2cc(COc3ccc(C(=O)N(C)CC(=O)Nc4cccc(F)c4)cc3)nc12. The summed E-state index contributed by atoms with van der Waals surface area (Å²) in [6, 6.07) is 16.2. The zero-order valence-corrected chi connectivity index (χ0v) is 18.3. The minimum absolute atomic E-state index is 0.166. The van der Waals surface area contributed by atoms with Crippen LogP contribution >= 0.6 is 0 Å². The number of pyridine rings is 1. The van der Waals surface area contributed by atoms with E-state index in [1.807, 2.05) is 35.9 Å². The van der Waals surface area contributed by atoms with Crippen LogP contribution in [0.2, 0.25) is 0 Å². The van der Waals surface area contributed by atoms with Crippen LogP contribution in [0.25, 0.3) is 5.65 Å². The molecule has 2 amide bonds. The number of likely N-dealkylation sites (N-methyl/N-ethyl adjacent to an activating group) is 1. The maximum atomic E-state index is 13.2. The third kappa shape index (κ3) is 5.35. The highest BCUT2D eigenvalue weighted by molar-refractivity contribution is 5.99. The maximum absolute atomic E-state index is 13.2. The van der Waals surface area contributed by atoms with Gasteiger partial charge in [0.1, 0.15) is 23.8 Å². The van der Waals surface area contributed by atoms with E-state index in [0.717, 1.165) is 16.9 Å². The average molecular weight is 446 g/mol. The maximum Gasteiger partial charge on any atom is 0.254 e. The molecular weight excluding hydrogens is 423 g/mol. The van der Waals surface area contributed by atoms with Gasteiger partial charge in [-0.3, -0.25) is 9.59 Å². The number of amides is 2. The minimum atomic E-state index is -0.448. The molecule has 0 unspecified atom stereocenters. The van der Waals surface area contributed by atoms with Gasteiger partial charge in [0.25, 0.3) is 5.91 Å². The summed E-state index contributed by atoms with van der Waals surface area (Å²) in [5.74, 6) is -0.575. The lowest BCUT2D eigenvalue weighted by atomic mass is 10.2. The van der Waals surface area contributed by atoms with Crippen molar-refractivity contribution in [1.29, 1.82) is 0 Å². The molecule has 0 fully saturated rings. The highest BCUT2D eigenvalue weighted by atomic mass is 19.1. The Balaban J connectivity index is 1.32. The average Bonchev–Trinajstić information content (AvgIpc) is 3.22. The molecule has 2 aromatic heterocycles.